The SMILES string of the molecule is CN1CC=C(N)c2cnccc2C1c1ccc(C(F)(F)F)cc1O. The maximum absolute atomic E-state index is 12.8. The van der Waals surface area contributed by atoms with Crippen LogP contribution in [0.4, 0.5) is 13.2 Å². The largest absolute Gasteiger partial charge is 0.508 e. The number of benzene rings is 1. The van der Waals surface area contributed by atoms with Gasteiger partial charge in [0.1, 0.15) is 5.75 Å². The fourth-order valence-electron chi connectivity index (χ4n) is 2.94. The molecule has 3 rings (SSSR count). The highest BCUT2D eigenvalue weighted by molar-refractivity contribution is 5.67. The Hall–Kier alpha value is -2.54. The normalized spacial score (nSPS) is 18.7. The van der Waals surface area contributed by atoms with Crippen molar-refractivity contribution in [2.24, 2.45) is 5.73 Å². The molecule has 0 amide bonds. The second-order valence-corrected chi connectivity index (χ2v) is 5.74. The lowest BCUT2D eigenvalue weighted by Crippen LogP contribution is -2.25. The number of phenolic OH excluding ortho intramolecular Hbond substituents is 1. The fourth-order valence-corrected chi connectivity index (χ4v) is 2.94. The molecule has 1 atom stereocenters. The molecule has 24 heavy (non-hydrogen) atoms. The molecule has 0 bridgehead atoms. The second-order valence-electron chi connectivity index (χ2n) is 5.74. The summed E-state index contributed by atoms with van der Waals surface area (Å²) in [6.07, 6.45) is 0.536. The summed E-state index contributed by atoms with van der Waals surface area (Å²) in [5, 5.41) is 10.2. The molecule has 1 aromatic heterocycles. The van der Waals surface area contributed by atoms with Crippen LogP contribution in [-0.4, -0.2) is 28.6 Å². The summed E-state index contributed by atoms with van der Waals surface area (Å²) in [7, 11) is 1.82. The third kappa shape index (κ3) is 2.82. The van der Waals surface area contributed by atoms with Crippen molar-refractivity contribution in [2.75, 3.05) is 13.6 Å². The standard InChI is InChI=1S/C17H16F3N3O/c1-23-7-5-14(21)13-9-22-6-4-11(13)16(23)12-3-2-10(8-15(12)24)17(18,19)20/h2-6,8-9,16,24H,7,21H2,1H3. The van der Waals surface area contributed by atoms with Crippen LogP contribution in [0.1, 0.15) is 28.3 Å². The number of aromatic hydroxyl groups is 1. The molecule has 0 aliphatic carbocycles. The van der Waals surface area contributed by atoms with E-state index in [-0.39, 0.29) is 0 Å². The van der Waals surface area contributed by atoms with E-state index in [4.69, 9.17) is 5.73 Å². The minimum Gasteiger partial charge on any atom is -0.508 e. The van der Waals surface area contributed by atoms with E-state index in [2.05, 4.69) is 4.98 Å². The number of pyridine rings is 1. The molecule has 1 aliphatic rings. The van der Waals surface area contributed by atoms with E-state index in [1.165, 1.54) is 6.07 Å². The number of aromatic nitrogens is 1. The molecule has 0 fully saturated rings. The van der Waals surface area contributed by atoms with Gasteiger partial charge in [0.15, 0.2) is 0 Å². The van der Waals surface area contributed by atoms with E-state index < -0.39 is 23.5 Å². The first-order valence-electron chi connectivity index (χ1n) is 7.29. The molecule has 0 saturated carbocycles. The van der Waals surface area contributed by atoms with Crippen LogP contribution < -0.4 is 5.73 Å². The quantitative estimate of drug-likeness (QED) is 0.840. The Bertz CT molecular complexity index is 802. The van der Waals surface area contributed by atoms with Crippen LogP contribution in [0, 0.1) is 0 Å². The van der Waals surface area contributed by atoms with E-state index in [0.29, 0.717) is 23.4 Å². The Morgan fingerprint density at radius 3 is 2.67 bits per heavy atom. The van der Waals surface area contributed by atoms with Crippen LogP contribution in [0.15, 0.2) is 42.7 Å². The van der Waals surface area contributed by atoms with E-state index in [1.807, 2.05) is 18.0 Å². The first kappa shape index (κ1) is 16.3. The molecule has 1 aromatic carbocycles. The minimum absolute atomic E-state index is 0.390. The molecule has 0 radical (unpaired) electrons. The number of likely N-dealkylation sites (N-methyl/N-ethyl adjacent to an activating group) is 1. The van der Waals surface area contributed by atoms with Crippen molar-refractivity contribution in [2.45, 2.75) is 12.2 Å². The van der Waals surface area contributed by atoms with Gasteiger partial charge in [0.05, 0.1) is 11.6 Å². The second kappa shape index (κ2) is 5.83. The lowest BCUT2D eigenvalue weighted by molar-refractivity contribution is -0.137. The highest BCUT2D eigenvalue weighted by Gasteiger charge is 2.33. The zero-order valence-corrected chi connectivity index (χ0v) is 12.9. The minimum atomic E-state index is -4.50. The van der Waals surface area contributed by atoms with Gasteiger partial charge in [0.25, 0.3) is 0 Å². The van der Waals surface area contributed by atoms with Crippen molar-refractivity contribution >= 4 is 5.70 Å². The first-order valence-corrected chi connectivity index (χ1v) is 7.29. The average Bonchev–Trinajstić information content (AvgIpc) is 2.65. The Morgan fingerprint density at radius 2 is 2.00 bits per heavy atom. The molecule has 1 aliphatic heterocycles. The van der Waals surface area contributed by atoms with Crippen LogP contribution in [0.2, 0.25) is 0 Å². The Kier molecular flexibility index (Phi) is 3.96. The molecule has 1 unspecified atom stereocenters. The van der Waals surface area contributed by atoms with Gasteiger partial charge >= 0.3 is 6.18 Å². The van der Waals surface area contributed by atoms with Gasteiger partial charge in [0.2, 0.25) is 0 Å². The first-order chi connectivity index (χ1) is 11.3. The molecule has 126 valence electrons. The van der Waals surface area contributed by atoms with Crippen molar-refractivity contribution < 1.29 is 18.3 Å². The number of hydrogen-bond donors (Lipinski definition) is 2. The molecule has 0 saturated heterocycles. The Balaban J connectivity index is 2.14. The summed E-state index contributed by atoms with van der Waals surface area (Å²) >= 11 is 0. The molecular formula is C17H16F3N3O. The zero-order chi connectivity index (χ0) is 17.5. The fraction of sp³-hybridized carbons (Fsp3) is 0.235. The monoisotopic (exact) mass is 335 g/mol. The number of hydrogen-bond acceptors (Lipinski definition) is 4. The maximum atomic E-state index is 12.8. The van der Waals surface area contributed by atoms with Gasteiger partial charge in [-0.15, -0.1) is 0 Å². The van der Waals surface area contributed by atoms with Gasteiger partial charge in [0, 0.05) is 35.8 Å². The summed E-state index contributed by atoms with van der Waals surface area (Å²) in [6, 6.07) is 4.38. The van der Waals surface area contributed by atoms with Crippen molar-refractivity contribution in [1.29, 1.82) is 0 Å². The van der Waals surface area contributed by atoms with Gasteiger partial charge in [-0.2, -0.15) is 13.2 Å². The Labute approximate surface area is 137 Å². The van der Waals surface area contributed by atoms with Gasteiger partial charge < -0.3 is 10.8 Å². The molecule has 3 N–H and O–H groups in total. The van der Waals surface area contributed by atoms with Crippen LogP contribution in [-0.2, 0) is 6.18 Å². The maximum Gasteiger partial charge on any atom is 0.416 e. The summed E-state index contributed by atoms with van der Waals surface area (Å²) in [5.41, 5.74) is 7.61. The average molecular weight is 335 g/mol. The van der Waals surface area contributed by atoms with Gasteiger partial charge in [-0.25, -0.2) is 0 Å². The molecule has 2 aromatic rings. The summed E-state index contributed by atoms with van der Waals surface area (Å²) < 4.78 is 38.5. The number of fused-ring (bicyclic) bond motifs is 1. The lowest BCUT2D eigenvalue weighted by atomic mass is 9.93. The predicted molar refractivity (Wildman–Crippen MR) is 84.0 cm³/mol. The smallest absolute Gasteiger partial charge is 0.416 e. The van der Waals surface area contributed by atoms with E-state index in [0.717, 1.165) is 17.7 Å². The van der Waals surface area contributed by atoms with Crippen molar-refractivity contribution in [3.8, 4) is 5.75 Å². The van der Waals surface area contributed by atoms with Crippen LogP contribution in [0.25, 0.3) is 5.70 Å². The van der Waals surface area contributed by atoms with Crippen LogP contribution in [0.5, 0.6) is 5.75 Å². The van der Waals surface area contributed by atoms with Crippen molar-refractivity contribution in [1.82, 2.24) is 9.88 Å². The number of nitrogens with zero attached hydrogens (tertiary/aromatic N) is 2. The van der Waals surface area contributed by atoms with E-state index in [1.54, 1.807) is 18.5 Å². The van der Waals surface area contributed by atoms with Gasteiger partial charge in [-0.1, -0.05) is 6.07 Å². The van der Waals surface area contributed by atoms with Crippen molar-refractivity contribution in [3.05, 3.63) is 65.0 Å². The molecule has 2 heterocycles. The molecule has 7 heteroatoms. The van der Waals surface area contributed by atoms with E-state index >= 15 is 0 Å². The highest BCUT2D eigenvalue weighted by Crippen LogP contribution is 2.40. The predicted octanol–water partition coefficient (Wildman–Crippen LogP) is 3.14. The number of halogens is 3. The summed E-state index contributed by atoms with van der Waals surface area (Å²) in [4.78, 5) is 5.97. The summed E-state index contributed by atoms with van der Waals surface area (Å²) in [6.45, 7) is 0.492. The number of rotatable bonds is 1. The topological polar surface area (TPSA) is 62.4 Å². The van der Waals surface area contributed by atoms with E-state index in [9.17, 15) is 18.3 Å². The van der Waals surface area contributed by atoms with Crippen LogP contribution in [0.3, 0.4) is 0 Å². The van der Waals surface area contributed by atoms with Crippen LogP contribution >= 0.6 is 0 Å². The highest BCUT2D eigenvalue weighted by atomic mass is 19.4. The molecule has 4 nitrogen and oxygen atoms in total. The number of nitrogens with two attached hydrogens (primary N) is 1. The summed E-state index contributed by atoms with van der Waals surface area (Å²) in [5.74, 6) is -0.398. The lowest BCUT2D eigenvalue weighted by Gasteiger charge is -2.28. The zero-order valence-electron chi connectivity index (χ0n) is 12.9. The number of alkyl halides is 3. The van der Waals surface area contributed by atoms with Gasteiger partial charge in [-0.3, -0.25) is 9.88 Å². The molecular weight excluding hydrogens is 319 g/mol. The number of phenols is 1. The Morgan fingerprint density at radius 1 is 1.25 bits per heavy atom. The van der Waals surface area contributed by atoms with Gasteiger partial charge in [-0.05, 0) is 36.9 Å². The third-order valence-electron chi connectivity index (χ3n) is 4.15. The third-order valence-corrected chi connectivity index (χ3v) is 4.15. The van der Waals surface area contributed by atoms with Crippen molar-refractivity contribution in [3.63, 3.8) is 0 Å². The molecule has 0 spiro atoms.